The minimum atomic E-state index is 0.750. The summed E-state index contributed by atoms with van der Waals surface area (Å²) >= 11 is 0. The summed E-state index contributed by atoms with van der Waals surface area (Å²) in [5, 5.41) is 10.8. The molecule has 5 heterocycles. The van der Waals surface area contributed by atoms with Crippen molar-refractivity contribution < 1.29 is 0 Å². The average molecular weight is 703 g/mol. The second-order valence-electron chi connectivity index (χ2n) is 14.1. The van der Waals surface area contributed by atoms with Crippen LogP contribution in [0.15, 0.2) is 123 Å². The standard InChI is InChI=1S/C45H34N6.CH4N2/c1-26(2)29-7-9-40-36(15-29)38-17-31-5-6-32-18-39-37-16-30(33-21-48-25-49-22-33)8-10-41(37)51(45-24-47-14-12-28(45)4)43(39)20-35(32)34(31)19-42(38)50(40)44-23-46-13-11-27(44)3;2-1-3/h7-25H,1,5-6H2,2-4H3;1H,(H3,2,3). The molecule has 9 aromatic rings. The van der Waals surface area contributed by atoms with E-state index in [0.29, 0.717) is 0 Å². The molecule has 0 spiro atoms. The molecule has 10 rings (SSSR count). The molecule has 0 bridgehead atoms. The van der Waals surface area contributed by atoms with Gasteiger partial charge in [0.1, 0.15) is 6.33 Å². The third-order valence-electron chi connectivity index (χ3n) is 10.8. The summed E-state index contributed by atoms with van der Waals surface area (Å²) < 4.78 is 4.79. The molecule has 0 saturated carbocycles. The number of nitrogens with two attached hydrogens (primary N) is 1. The maximum atomic E-state index is 5.86. The number of pyridine rings is 2. The van der Waals surface area contributed by atoms with Crippen LogP contribution in [0.2, 0.25) is 0 Å². The summed E-state index contributed by atoms with van der Waals surface area (Å²) in [6, 6.07) is 27.3. The predicted molar refractivity (Wildman–Crippen MR) is 222 cm³/mol. The monoisotopic (exact) mass is 702 g/mol. The molecule has 4 aromatic carbocycles. The van der Waals surface area contributed by atoms with E-state index in [1.165, 1.54) is 71.5 Å². The van der Waals surface area contributed by atoms with Gasteiger partial charge in [-0.05, 0) is 139 Å². The van der Waals surface area contributed by atoms with E-state index in [9.17, 15) is 0 Å². The fourth-order valence-electron chi connectivity index (χ4n) is 8.20. The van der Waals surface area contributed by atoms with E-state index in [1.54, 1.807) is 6.33 Å². The van der Waals surface area contributed by atoms with Crippen LogP contribution in [0.3, 0.4) is 0 Å². The van der Waals surface area contributed by atoms with Gasteiger partial charge in [0.2, 0.25) is 0 Å². The van der Waals surface area contributed by atoms with Gasteiger partial charge >= 0.3 is 0 Å². The fourth-order valence-corrected chi connectivity index (χ4v) is 8.20. The summed E-state index contributed by atoms with van der Waals surface area (Å²) in [6.07, 6.45) is 15.8. The Morgan fingerprint density at radius 2 is 1.13 bits per heavy atom. The highest BCUT2D eigenvalue weighted by Gasteiger charge is 2.24. The van der Waals surface area contributed by atoms with Crippen LogP contribution in [0.4, 0.5) is 0 Å². The molecule has 8 heteroatoms. The molecule has 1 aliphatic carbocycles. The maximum Gasteiger partial charge on any atom is 0.115 e. The molecule has 1 aliphatic rings. The van der Waals surface area contributed by atoms with E-state index in [2.05, 4.69) is 135 Å². The SMILES string of the molecule is C=C(C)c1ccc2c(c1)c1cc3c(cc1n2-c1cnccc1C)-c1cc2c(cc1CC3)c1cc(-c3cncnc3)ccc1n2-c1cnccc1C.N=CN. The van der Waals surface area contributed by atoms with Crippen LogP contribution in [0.25, 0.3) is 82.8 Å². The molecular formula is C46H38N8. The Kier molecular flexibility index (Phi) is 7.89. The van der Waals surface area contributed by atoms with E-state index >= 15 is 0 Å². The average Bonchev–Trinajstić information content (AvgIpc) is 3.68. The van der Waals surface area contributed by atoms with Gasteiger partial charge in [0.05, 0.1) is 52.2 Å². The van der Waals surface area contributed by atoms with E-state index in [0.717, 1.165) is 58.3 Å². The van der Waals surface area contributed by atoms with Crippen LogP contribution in [0.5, 0.6) is 0 Å². The summed E-state index contributed by atoms with van der Waals surface area (Å²) in [4.78, 5) is 17.7. The molecule has 0 unspecified atom stereocenters. The number of hydrogen-bond acceptors (Lipinski definition) is 5. The largest absolute Gasteiger partial charge is 0.390 e. The van der Waals surface area contributed by atoms with Gasteiger partial charge < -0.3 is 14.9 Å². The molecule has 54 heavy (non-hydrogen) atoms. The number of hydrogen-bond donors (Lipinski definition) is 2. The van der Waals surface area contributed by atoms with Gasteiger partial charge in [0.15, 0.2) is 0 Å². The minimum Gasteiger partial charge on any atom is -0.390 e. The molecule has 0 radical (unpaired) electrons. The highest BCUT2D eigenvalue weighted by Crippen LogP contribution is 2.45. The van der Waals surface area contributed by atoms with Crippen molar-refractivity contribution in [2.75, 3.05) is 0 Å². The zero-order valence-electron chi connectivity index (χ0n) is 30.4. The highest BCUT2D eigenvalue weighted by molar-refractivity contribution is 6.14. The normalized spacial score (nSPS) is 12.1. The minimum absolute atomic E-state index is 0.750. The first-order valence-corrected chi connectivity index (χ1v) is 18.0. The van der Waals surface area contributed by atoms with Crippen molar-refractivity contribution in [1.29, 1.82) is 5.41 Å². The van der Waals surface area contributed by atoms with Gasteiger partial charge in [0.25, 0.3) is 0 Å². The van der Waals surface area contributed by atoms with Crippen molar-refractivity contribution in [3.63, 3.8) is 0 Å². The molecule has 0 fully saturated rings. The summed E-state index contributed by atoms with van der Waals surface area (Å²) in [5.41, 5.74) is 23.3. The molecule has 3 N–H and O–H groups in total. The number of aromatic nitrogens is 6. The van der Waals surface area contributed by atoms with E-state index in [1.807, 2.05) is 37.2 Å². The molecule has 262 valence electrons. The molecule has 5 aromatic heterocycles. The number of rotatable bonds is 4. The van der Waals surface area contributed by atoms with E-state index < -0.39 is 0 Å². The van der Waals surface area contributed by atoms with E-state index in [4.69, 9.17) is 5.41 Å². The Bertz CT molecular complexity index is 2970. The van der Waals surface area contributed by atoms with Crippen LogP contribution in [-0.2, 0) is 12.8 Å². The zero-order chi connectivity index (χ0) is 37.1. The van der Waals surface area contributed by atoms with Crippen molar-refractivity contribution in [3.8, 4) is 33.6 Å². The van der Waals surface area contributed by atoms with Gasteiger partial charge in [-0.25, -0.2) is 9.97 Å². The topological polar surface area (TPSA) is 111 Å². The molecule has 0 saturated heterocycles. The van der Waals surface area contributed by atoms with Crippen LogP contribution in [0, 0.1) is 19.3 Å². The number of nitrogens with one attached hydrogen (secondary N) is 1. The van der Waals surface area contributed by atoms with Crippen LogP contribution >= 0.6 is 0 Å². The molecular weight excluding hydrogens is 665 g/mol. The van der Waals surface area contributed by atoms with Gasteiger partial charge in [-0.1, -0.05) is 24.3 Å². The lowest BCUT2D eigenvalue weighted by Gasteiger charge is -2.22. The summed E-state index contributed by atoms with van der Waals surface area (Å²) in [7, 11) is 0. The third kappa shape index (κ3) is 5.17. The maximum absolute atomic E-state index is 5.86. The lowest BCUT2D eigenvalue weighted by atomic mass is 9.84. The van der Waals surface area contributed by atoms with Crippen molar-refractivity contribution in [2.45, 2.75) is 33.6 Å². The number of aryl methyl sites for hydroxylation is 4. The number of nitrogens with zero attached hydrogens (tertiary/aromatic N) is 6. The van der Waals surface area contributed by atoms with Crippen LogP contribution in [-0.4, -0.2) is 35.4 Å². The lowest BCUT2D eigenvalue weighted by molar-refractivity contribution is 0.945. The Balaban J connectivity index is 0.00000124. The number of benzene rings is 4. The summed E-state index contributed by atoms with van der Waals surface area (Å²) in [6.45, 7) is 10.7. The van der Waals surface area contributed by atoms with Gasteiger partial charge in [-0.2, -0.15) is 0 Å². The Hall–Kier alpha value is -6.93. The second-order valence-corrected chi connectivity index (χ2v) is 14.1. The first kappa shape index (κ1) is 32.9. The van der Waals surface area contributed by atoms with Crippen molar-refractivity contribution in [3.05, 3.63) is 151 Å². The number of fused-ring (bicyclic) bond motifs is 9. The zero-order valence-corrected chi connectivity index (χ0v) is 30.4. The van der Waals surface area contributed by atoms with E-state index in [-0.39, 0.29) is 0 Å². The van der Waals surface area contributed by atoms with Gasteiger partial charge in [0, 0.05) is 51.9 Å². The number of allylic oxidation sites excluding steroid dienone is 1. The predicted octanol–water partition coefficient (Wildman–Crippen LogP) is 10.1. The Morgan fingerprint density at radius 1 is 0.630 bits per heavy atom. The smallest absolute Gasteiger partial charge is 0.115 e. The van der Waals surface area contributed by atoms with Gasteiger partial charge in [-0.15, -0.1) is 0 Å². The lowest BCUT2D eigenvalue weighted by Crippen LogP contribution is -2.05. The van der Waals surface area contributed by atoms with Crippen LogP contribution in [0.1, 0.15) is 34.7 Å². The third-order valence-corrected chi connectivity index (χ3v) is 10.8. The highest BCUT2D eigenvalue weighted by atomic mass is 15.0. The quantitative estimate of drug-likeness (QED) is 0.140. The first-order valence-electron chi connectivity index (χ1n) is 18.0. The van der Waals surface area contributed by atoms with Gasteiger partial charge in [-0.3, -0.25) is 15.4 Å². The summed E-state index contributed by atoms with van der Waals surface area (Å²) in [5.74, 6) is 0. The fraction of sp³-hybridized carbons (Fsp3) is 0.109. The Morgan fingerprint density at radius 3 is 1.65 bits per heavy atom. The molecule has 0 aliphatic heterocycles. The van der Waals surface area contributed by atoms with Crippen molar-refractivity contribution >= 4 is 55.5 Å². The molecule has 0 amide bonds. The second kappa shape index (κ2) is 12.9. The van der Waals surface area contributed by atoms with Crippen LogP contribution < -0.4 is 5.73 Å². The first-order chi connectivity index (χ1) is 26.4. The molecule has 8 nitrogen and oxygen atoms in total. The Labute approximate surface area is 312 Å². The van der Waals surface area contributed by atoms with Crippen molar-refractivity contribution in [2.24, 2.45) is 5.73 Å². The van der Waals surface area contributed by atoms with Crippen molar-refractivity contribution in [1.82, 2.24) is 29.1 Å². The molecule has 0 atom stereocenters.